The van der Waals surface area contributed by atoms with Crippen molar-refractivity contribution in [1.82, 2.24) is 19.5 Å². The molecule has 0 saturated heterocycles. The normalized spacial score (nSPS) is 33.8. The molecule has 1 unspecified atom stereocenters. The number of amides is 1. The smallest absolute Gasteiger partial charge is 0.264 e. The van der Waals surface area contributed by atoms with Gasteiger partial charge in [0.15, 0.2) is 5.82 Å². The number of hydrogen-bond donors (Lipinski definition) is 2. The largest absolute Gasteiger partial charge is 0.490 e. The topological polar surface area (TPSA) is 127 Å². The standard InChI is InChI=1S/C36H44ClN5O5S/c1-23-7-5-15-36(44,33-38-22-39-41(33)4)31-13-16-34(31,3)19-42-20-35(14-6-8-25-17-27(37)10-11-28(25)35)21-47-30-12-9-26(18-29(30)42)32(43)40-48(45,46)24(23)2/h5,9-12,15,17-18,22-24,31,44H,6-8,13-14,16,19-21H2,1-4H3,(H,40,43)/b15-5+/t23-,24+,31+,34?,35-,36-/m0/s1. The van der Waals surface area contributed by atoms with E-state index in [1.165, 1.54) is 17.5 Å². The Morgan fingerprint density at radius 3 is 2.67 bits per heavy atom. The lowest BCUT2D eigenvalue weighted by Crippen LogP contribution is -2.57. The first kappa shape index (κ1) is 33.1. The molecule has 2 aliphatic carbocycles. The van der Waals surface area contributed by atoms with Gasteiger partial charge in [0.2, 0.25) is 10.0 Å². The van der Waals surface area contributed by atoms with Crippen LogP contribution in [0.25, 0.3) is 0 Å². The second-order valence-corrected chi connectivity index (χ2v) is 17.3. The zero-order valence-electron chi connectivity index (χ0n) is 27.9. The molecule has 1 amide bonds. The molecule has 0 radical (unpaired) electrons. The Balaban J connectivity index is 1.38. The van der Waals surface area contributed by atoms with Crippen LogP contribution in [-0.2, 0) is 34.5 Å². The number of halogens is 1. The molecular weight excluding hydrogens is 650 g/mol. The van der Waals surface area contributed by atoms with Crippen LogP contribution < -0.4 is 14.4 Å². The van der Waals surface area contributed by atoms with Gasteiger partial charge in [0.05, 0.1) is 17.5 Å². The van der Waals surface area contributed by atoms with Crippen LogP contribution in [0.2, 0.25) is 5.02 Å². The van der Waals surface area contributed by atoms with Gasteiger partial charge in [-0.05, 0) is 104 Å². The molecule has 12 heteroatoms. The molecule has 7 rings (SSSR count). The fraction of sp³-hybridized carbons (Fsp3) is 0.528. The number of nitrogens with zero attached hydrogens (tertiary/aromatic N) is 4. The minimum atomic E-state index is -4.01. The molecule has 1 aromatic heterocycles. The van der Waals surface area contributed by atoms with E-state index < -0.39 is 26.8 Å². The number of aliphatic hydroxyl groups is 1. The van der Waals surface area contributed by atoms with Crippen LogP contribution in [0.5, 0.6) is 5.75 Å². The number of aryl methyl sites for hydroxylation is 2. The number of sulfonamides is 1. The van der Waals surface area contributed by atoms with Crippen molar-refractivity contribution in [2.24, 2.45) is 24.3 Å². The first-order valence-electron chi connectivity index (χ1n) is 16.9. The SMILES string of the molecule is C[C@@H]1[C@@H](C)C/C=C/[C@@](O)(c2ncnn2C)[C@@H]2CCC2(C)CN2C[C@@]3(CCCc4cc(Cl)ccc43)COc3ccc(cc32)C(=O)NS1(=O)=O. The number of benzene rings is 2. The molecule has 10 nitrogen and oxygen atoms in total. The van der Waals surface area contributed by atoms with Gasteiger partial charge < -0.3 is 14.7 Å². The number of anilines is 1. The van der Waals surface area contributed by atoms with Crippen molar-refractivity contribution < 1.29 is 23.1 Å². The van der Waals surface area contributed by atoms with Gasteiger partial charge in [-0.15, -0.1) is 0 Å². The maximum Gasteiger partial charge on any atom is 0.264 e. The average Bonchev–Trinajstić information content (AvgIpc) is 3.42. The van der Waals surface area contributed by atoms with Crippen LogP contribution in [0.3, 0.4) is 0 Å². The Morgan fingerprint density at radius 1 is 1.12 bits per heavy atom. The number of rotatable bonds is 1. The highest BCUT2D eigenvalue weighted by Crippen LogP contribution is 2.57. The second-order valence-electron chi connectivity index (χ2n) is 14.8. The van der Waals surface area contributed by atoms with E-state index in [-0.39, 0.29) is 28.2 Å². The minimum absolute atomic E-state index is 0.207. The highest BCUT2D eigenvalue weighted by molar-refractivity contribution is 7.90. The highest BCUT2D eigenvalue weighted by Gasteiger charge is 2.56. The van der Waals surface area contributed by atoms with Crippen LogP contribution in [0, 0.1) is 17.3 Å². The summed E-state index contributed by atoms with van der Waals surface area (Å²) in [7, 11) is -2.23. The predicted octanol–water partition coefficient (Wildman–Crippen LogP) is 5.29. The average molecular weight is 694 g/mol. The van der Waals surface area contributed by atoms with Crippen LogP contribution in [0.15, 0.2) is 54.9 Å². The summed E-state index contributed by atoms with van der Waals surface area (Å²) in [5, 5.41) is 16.8. The third kappa shape index (κ3) is 5.51. The molecule has 4 aliphatic rings. The van der Waals surface area contributed by atoms with Crippen LogP contribution in [0.4, 0.5) is 5.69 Å². The Hall–Kier alpha value is -3.41. The Kier molecular flexibility index (Phi) is 8.19. The summed E-state index contributed by atoms with van der Waals surface area (Å²) < 4.78 is 37.5. The van der Waals surface area contributed by atoms with Crippen LogP contribution >= 0.6 is 11.6 Å². The second kappa shape index (κ2) is 11.9. The third-order valence-electron chi connectivity index (χ3n) is 11.7. The zero-order chi connectivity index (χ0) is 34.1. The van der Waals surface area contributed by atoms with E-state index in [2.05, 4.69) is 38.8 Å². The molecule has 3 heterocycles. The van der Waals surface area contributed by atoms with Gasteiger partial charge in [0.1, 0.15) is 17.7 Å². The van der Waals surface area contributed by atoms with E-state index in [0.717, 1.165) is 37.8 Å². The van der Waals surface area contributed by atoms with Crippen molar-refractivity contribution in [3.63, 3.8) is 0 Å². The third-order valence-corrected chi connectivity index (χ3v) is 13.9. The first-order valence-corrected chi connectivity index (χ1v) is 18.8. The summed E-state index contributed by atoms with van der Waals surface area (Å²) in [4.78, 5) is 20.4. The van der Waals surface area contributed by atoms with Gasteiger partial charge >= 0.3 is 0 Å². The number of allylic oxidation sites excluding steroid dienone is 1. The molecule has 48 heavy (non-hydrogen) atoms. The van der Waals surface area contributed by atoms with E-state index in [9.17, 15) is 18.3 Å². The van der Waals surface area contributed by atoms with E-state index in [1.54, 1.807) is 42.9 Å². The zero-order valence-corrected chi connectivity index (χ0v) is 29.5. The fourth-order valence-electron chi connectivity index (χ4n) is 8.64. The summed E-state index contributed by atoms with van der Waals surface area (Å²) in [5.41, 5.74) is 1.28. The molecule has 2 aliphatic heterocycles. The lowest BCUT2D eigenvalue weighted by atomic mass is 9.54. The Bertz CT molecular complexity index is 1900. The van der Waals surface area contributed by atoms with Crippen molar-refractivity contribution in [3.05, 3.63) is 82.4 Å². The number of hydrogen-bond acceptors (Lipinski definition) is 8. The number of ether oxygens (including phenoxy) is 1. The molecule has 6 atom stereocenters. The lowest BCUT2D eigenvalue weighted by Gasteiger charge is -2.55. The predicted molar refractivity (Wildman–Crippen MR) is 185 cm³/mol. The van der Waals surface area contributed by atoms with E-state index in [1.807, 2.05) is 19.1 Å². The van der Waals surface area contributed by atoms with Gasteiger partial charge in [-0.1, -0.05) is 37.6 Å². The lowest BCUT2D eigenvalue weighted by molar-refractivity contribution is -0.105. The van der Waals surface area contributed by atoms with Crippen LogP contribution in [0.1, 0.15) is 80.2 Å². The van der Waals surface area contributed by atoms with Crippen molar-refractivity contribution in [2.75, 3.05) is 24.6 Å². The molecule has 256 valence electrons. The van der Waals surface area contributed by atoms with E-state index in [4.69, 9.17) is 16.3 Å². The maximum absolute atomic E-state index is 13.6. The molecule has 1 fully saturated rings. The number of nitrogens with one attached hydrogen (secondary N) is 1. The minimum Gasteiger partial charge on any atom is -0.490 e. The van der Waals surface area contributed by atoms with Crippen LogP contribution in [-0.4, -0.2) is 59.1 Å². The van der Waals surface area contributed by atoms with Crippen molar-refractivity contribution in [3.8, 4) is 5.75 Å². The van der Waals surface area contributed by atoms with Gasteiger partial charge in [-0.2, -0.15) is 5.10 Å². The summed E-state index contributed by atoms with van der Waals surface area (Å²) in [6.45, 7) is 7.31. The summed E-state index contributed by atoms with van der Waals surface area (Å²) in [5.74, 6) is -0.121. The number of carbonyl (C=O) groups is 1. The number of fused-ring (bicyclic) bond motifs is 4. The first-order chi connectivity index (χ1) is 22.7. The monoisotopic (exact) mass is 693 g/mol. The molecule has 3 aromatic rings. The molecule has 2 bridgehead atoms. The Morgan fingerprint density at radius 2 is 1.94 bits per heavy atom. The molecule has 2 N–H and O–H groups in total. The molecule has 1 spiro atoms. The number of aromatic nitrogens is 3. The van der Waals surface area contributed by atoms with Gasteiger partial charge in [0, 0.05) is 42.1 Å². The summed E-state index contributed by atoms with van der Waals surface area (Å²) in [6.07, 6.45) is 9.98. The van der Waals surface area contributed by atoms with Crippen molar-refractivity contribution in [2.45, 2.75) is 75.6 Å². The molecule has 1 saturated carbocycles. The quantitative estimate of drug-likeness (QED) is 0.330. The molecule has 2 aromatic carbocycles. The molecular formula is C36H44ClN5O5S. The van der Waals surface area contributed by atoms with Crippen molar-refractivity contribution >= 4 is 33.2 Å². The van der Waals surface area contributed by atoms with Gasteiger partial charge in [-0.3, -0.25) is 9.48 Å². The maximum atomic E-state index is 13.6. The highest BCUT2D eigenvalue weighted by atomic mass is 35.5. The Labute approximate surface area is 287 Å². The van der Waals surface area contributed by atoms with Crippen molar-refractivity contribution in [1.29, 1.82) is 0 Å². The van der Waals surface area contributed by atoms with Gasteiger partial charge in [0.25, 0.3) is 5.91 Å². The van der Waals surface area contributed by atoms with E-state index >= 15 is 0 Å². The van der Waals surface area contributed by atoms with Gasteiger partial charge in [-0.25, -0.2) is 18.1 Å². The summed E-state index contributed by atoms with van der Waals surface area (Å²) in [6, 6.07) is 11.3. The summed E-state index contributed by atoms with van der Waals surface area (Å²) >= 11 is 6.45. The van der Waals surface area contributed by atoms with E-state index in [0.29, 0.717) is 42.7 Å². The fourth-order valence-corrected chi connectivity index (χ4v) is 10.1. The number of carbonyl (C=O) groups excluding carboxylic acids is 1.